The summed E-state index contributed by atoms with van der Waals surface area (Å²) in [6.07, 6.45) is 1.62. The third kappa shape index (κ3) is 5.52. The van der Waals surface area contributed by atoms with Crippen LogP contribution in [0.1, 0.15) is 28.8 Å². The molecule has 0 atom stereocenters. The Balaban J connectivity index is 1.53. The lowest BCUT2D eigenvalue weighted by Gasteiger charge is -2.39. The Labute approximate surface area is 206 Å². The first-order valence-corrected chi connectivity index (χ1v) is 11.7. The Morgan fingerprint density at radius 3 is 2.26 bits per heavy atom. The third-order valence-corrected chi connectivity index (χ3v) is 6.51. The fraction of sp³-hybridized carbons (Fsp3) is 0.321. The van der Waals surface area contributed by atoms with E-state index >= 15 is 0 Å². The number of aromatic hydroxyl groups is 1. The number of carbonyl (C=O) groups is 1. The fourth-order valence-corrected chi connectivity index (χ4v) is 4.56. The van der Waals surface area contributed by atoms with Gasteiger partial charge < -0.3 is 24.2 Å². The van der Waals surface area contributed by atoms with E-state index in [0.29, 0.717) is 29.4 Å². The Morgan fingerprint density at radius 2 is 1.60 bits per heavy atom. The smallest absolute Gasteiger partial charge is 0.258 e. The average molecular weight is 477 g/mol. The van der Waals surface area contributed by atoms with Crippen LogP contribution in [0.3, 0.4) is 0 Å². The summed E-state index contributed by atoms with van der Waals surface area (Å²) in [5, 5.41) is 10.5. The summed E-state index contributed by atoms with van der Waals surface area (Å²) in [6, 6.07) is 20.4. The number of piperidine rings is 1. The maximum Gasteiger partial charge on any atom is 0.258 e. The molecule has 0 saturated carbocycles. The van der Waals surface area contributed by atoms with Gasteiger partial charge in [-0.3, -0.25) is 9.69 Å². The molecule has 1 aliphatic heterocycles. The molecular weight excluding hydrogens is 444 g/mol. The SMILES string of the molecule is COc1ccc(C(=O)N(c2cccc(OC)c2)C2CCN(Cc3cccc(OC)c3O)CC2)cc1. The van der Waals surface area contributed by atoms with Gasteiger partial charge in [-0.2, -0.15) is 0 Å². The number of amides is 1. The van der Waals surface area contributed by atoms with Crippen molar-refractivity contribution in [1.82, 2.24) is 4.90 Å². The van der Waals surface area contributed by atoms with Crippen molar-refractivity contribution < 1.29 is 24.1 Å². The molecule has 1 saturated heterocycles. The molecule has 0 unspecified atom stereocenters. The van der Waals surface area contributed by atoms with Crippen molar-refractivity contribution in [2.75, 3.05) is 39.3 Å². The number of para-hydroxylation sites is 1. The van der Waals surface area contributed by atoms with E-state index in [9.17, 15) is 9.90 Å². The molecule has 7 nitrogen and oxygen atoms in total. The second-order valence-electron chi connectivity index (χ2n) is 8.58. The summed E-state index contributed by atoms with van der Waals surface area (Å²) in [5.41, 5.74) is 2.26. The molecule has 1 N–H and O–H groups in total. The molecule has 3 aromatic carbocycles. The number of likely N-dealkylation sites (tertiary alicyclic amines) is 1. The summed E-state index contributed by atoms with van der Waals surface area (Å²) in [7, 11) is 4.79. The number of anilines is 1. The number of hydrogen-bond acceptors (Lipinski definition) is 6. The molecular formula is C28H32N2O5. The molecule has 0 spiro atoms. The normalized spacial score (nSPS) is 14.4. The van der Waals surface area contributed by atoms with Gasteiger partial charge in [0.15, 0.2) is 11.5 Å². The van der Waals surface area contributed by atoms with E-state index in [-0.39, 0.29) is 17.7 Å². The summed E-state index contributed by atoms with van der Waals surface area (Å²) in [4.78, 5) is 17.9. The number of benzene rings is 3. The zero-order valence-corrected chi connectivity index (χ0v) is 20.4. The van der Waals surface area contributed by atoms with Gasteiger partial charge in [0.1, 0.15) is 11.5 Å². The van der Waals surface area contributed by atoms with E-state index in [1.54, 1.807) is 51.7 Å². The van der Waals surface area contributed by atoms with E-state index in [1.165, 1.54) is 0 Å². The number of phenolic OH excluding ortho intramolecular Hbond substituents is 1. The van der Waals surface area contributed by atoms with Crippen molar-refractivity contribution in [3.8, 4) is 23.0 Å². The minimum absolute atomic E-state index is 0.0341. The Hall–Kier alpha value is -3.71. The number of carbonyl (C=O) groups excluding carboxylic acids is 1. The molecule has 1 amide bonds. The van der Waals surface area contributed by atoms with Gasteiger partial charge in [0, 0.05) is 48.6 Å². The zero-order chi connectivity index (χ0) is 24.8. The van der Waals surface area contributed by atoms with Crippen LogP contribution in [-0.2, 0) is 6.54 Å². The highest BCUT2D eigenvalue weighted by molar-refractivity contribution is 6.06. The van der Waals surface area contributed by atoms with Crippen LogP contribution in [0.4, 0.5) is 5.69 Å². The second kappa shape index (κ2) is 11.1. The van der Waals surface area contributed by atoms with E-state index in [0.717, 1.165) is 37.2 Å². The van der Waals surface area contributed by atoms with Crippen molar-refractivity contribution in [2.24, 2.45) is 0 Å². The largest absolute Gasteiger partial charge is 0.504 e. The molecule has 1 heterocycles. The summed E-state index contributed by atoms with van der Waals surface area (Å²) in [5.74, 6) is 2.03. The molecule has 0 aliphatic carbocycles. The minimum atomic E-state index is -0.0511. The van der Waals surface area contributed by atoms with Crippen molar-refractivity contribution >= 4 is 11.6 Å². The van der Waals surface area contributed by atoms with Crippen LogP contribution in [0, 0.1) is 0 Å². The molecule has 0 radical (unpaired) electrons. The molecule has 35 heavy (non-hydrogen) atoms. The van der Waals surface area contributed by atoms with Crippen molar-refractivity contribution in [3.63, 3.8) is 0 Å². The maximum atomic E-state index is 13.7. The number of ether oxygens (including phenoxy) is 3. The number of rotatable bonds is 8. The highest BCUT2D eigenvalue weighted by Crippen LogP contribution is 2.32. The lowest BCUT2D eigenvalue weighted by atomic mass is 10.00. The molecule has 0 aromatic heterocycles. The van der Waals surface area contributed by atoms with Gasteiger partial charge in [0.05, 0.1) is 21.3 Å². The van der Waals surface area contributed by atoms with Crippen LogP contribution in [0.15, 0.2) is 66.7 Å². The number of hydrogen-bond donors (Lipinski definition) is 1. The van der Waals surface area contributed by atoms with Gasteiger partial charge in [-0.1, -0.05) is 18.2 Å². The van der Waals surface area contributed by atoms with Gasteiger partial charge in [0.2, 0.25) is 0 Å². The standard InChI is InChI=1S/C28H32N2O5/c1-33-24-12-10-20(11-13-24)28(32)30(23-7-5-8-25(18-23)34-2)22-14-16-29(17-15-22)19-21-6-4-9-26(35-3)27(21)31/h4-13,18,22,31H,14-17,19H2,1-3H3. The first-order chi connectivity index (χ1) is 17.0. The molecule has 0 bridgehead atoms. The first kappa shape index (κ1) is 24.4. The zero-order valence-electron chi connectivity index (χ0n) is 20.4. The molecule has 1 fully saturated rings. The second-order valence-corrected chi connectivity index (χ2v) is 8.58. The van der Waals surface area contributed by atoms with Gasteiger partial charge in [0.25, 0.3) is 5.91 Å². The van der Waals surface area contributed by atoms with Gasteiger partial charge >= 0.3 is 0 Å². The van der Waals surface area contributed by atoms with Crippen LogP contribution in [0.5, 0.6) is 23.0 Å². The van der Waals surface area contributed by atoms with E-state index in [2.05, 4.69) is 4.90 Å². The Kier molecular flexibility index (Phi) is 7.77. The summed E-state index contributed by atoms with van der Waals surface area (Å²) < 4.78 is 15.9. The first-order valence-electron chi connectivity index (χ1n) is 11.7. The minimum Gasteiger partial charge on any atom is -0.504 e. The monoisotopic (exact) mass is 476 g/mol. The molecule has 184 valence electrons. The molecule has 7 heteroatoms. The number of nitrogens with zero attached hydrogens (tertiary/aromatic N) is 2. The van der Waals surface area contributed by atoms with Gasteiger partial charge in [-0.25, -0.2) is 0 Å². The van der Waals surface area contributed by atoms with Crippen molar-refractivity contribution in [1.29, 1.82) is 0 Å². The lowest BCUT2D eigenvalue weighted by Crippen LogP contribution is -2.47. The number of phenols is 1. The average Bonchev–Trinajstić information content (AvgIpc) is 2.91. The lowest BCUT2D eigenvalue weighted by molar-refractivity contribution is 0.0958. The predicted molar refractivity (Wildman–Crippen MR) is 136 cm³/mol. The molecule has 3 aromatic rings. The summed E-state index contributed by atoms with van der Waals surface area (Å²) >= 11 is 0. The topological polar surface area (TPSA) is 71.5 Å². The van der Waals surface area contributed by atoms with Gasteiger partial charge in [-0.15, -0.1) is 0 Å². The van der Waals surface area contributed by atoms with Crippen LogP contribution < -0.4 is 19.1 Å². The van der Waals surface area contributed by atoms with Crippen LogP contribution in [0.2, 0.25) is 0 Å². The van der Waals surface area contributed by atoms with Crippen LogP contribution in [0.25, 0.3) is 0 Å². The van der Waals surface area contributed by atoms with Crippen molar-refractivity contribution in [2.45, 2.75) is 25.4 Å². The van der Waals surface area contributed by atoms with E-state index in [4.69, 9.17) is 14.2 Å². The van der Waals surface area contributed by atoms with Crippen molar-refractivity contribution in [3.05, 3.63) is 77.9 Å². The third-order valence-electron chi connectivity index (χ3n) is 6.51. The predicted octanol–water partition coefficient (Wildman–Crippen LogP) is 4.73. The Morgan fingerprint density at radius 1 is 0.914 bits per heavy atom. The Bertz CT molecular complexity index is 1140. The molecule has 1 aliphatic rings. The fourth-order valence-electron chi connectivity index (χ4n) is 4.56. The highest BCUT2D eigenvalue weighted by Gasteiger charge is 2.30. The number of methoxy groups -OCH3 is 3. The molecule has 4 rings (SSSR count). The van der Waals surface area contributed by atoms with Gasteiger partial charge in [-0.05, 0) is 55.3 Å². The van der Waals surface area contributed by atoms with E-state index in [1.807, 2.05) is 41.3 Å². The van der Waals surface area contributed by atoms with E-state index < -0.39 is 0 Å². The summed E-state index contributed by atoms with van der Waals surface area (Å²) in [6.45, 7) is 2.23. The van der Waals surface area contributed by atoms with Crippen LogP contribution >= 0.6 is 0 Å². The maximum absolute atomic E-state index is 13.7. The van der Waals surface area contributed by atoms with Crippen LogP contribution in [-0.4, -0.2) is 56.4 Å². The highest BCUT2D eigenvalue weighted by atomic mass is 16.5. The quantitative estimate of drug-likeness (QED) is 0.507.